The van der Waals surface area contributed by atoms with Crippen LogP contribution in [0.5, 0.6) is 11.5 Å². The first kappa shape index (κ1) is 26.1. The van der Waals surface area contributed by atoms with Crippen LogP contribution >= 0.6 is 0 Å². The zero-order valence-corrected chi connectivity index (χ0v) is 22.0. The molecule has 0 saturated carbocycles. The summed E-state index contributed by atoms with van der Waals surface area (Å²) in [5.41, 5.74) is 4.17. The van der Waals surface area contributed by atoms with Crippen LogP contribution in [0.25, 0.3) is 10.9 Å². The van der Waals surface area contributed by atoms with E-state index in [0.29, 0.717) is 23.4 Å². The number of rotatable bonds is 9. The zero-order valence-electron chi connectivity index (χ0n) is 22.0. The third-order valence-electron chi connectivity index (χ3n) is 7.27. The minimum Gasteiger partial charge on any atom is -0.454 e. The lowest BCUT2D eigenvalue weighted by molar-refractivity contribution is -0.384. The predicted octanol–water partition coefficient (Wildman–Crippen LogP) is 6.30. The maximum Gasteiger partial charge on any atom is 0.270 e. The molecule has 1 atom stereocenters. The van der Waals surface area contributed by atoms with Crippen molar-refractivity contribution in [2.75, 3.05) is 6.79 Å². The van der Waals surface area contributed by atoms with Gasteiger partial charge in [-0.3, -0.25) is 14.9 Å². The van der Waals surface area contributed by atoms with Crippen molar-refractivity contribution in [3.05, 3.63) is 135 Å². The number of fused-ring (bicyclic) bond motifs is 2. The van der Waals surface area contributed by atoms with Crippen LogP contribution in [0, 0.1) is 15.9 Å². The smallest absolute Gasteiger partial charge is 0.270 e. The van der Waals surface area contributed by atoms with Gasteiger partial charge in [-0.15, -0.1) is 0 Å². The summed E-state index contributed by atoms with van der Waals surface area (Å²) < 4.78 is 26.7. The van der Waals surface area contributed by atoms with Crippen molar-refractivity contribution in [3.8, 4) is 11.5 Å². The Morgan fingerprint density at radius 3 is 2.51 bits per heavy atom. The van der Waals surface area contributed by atoms with E-state index in [9.17, 15) is 19.3 Å². The highest BCUT2D eigenvalue weighted by molar-refractivity contribution is 5.88. The van der Waals surface area contributed by atoms with Crippen LogP contribution in [0.1, 0.15) is 34.6 Å². The van der Waals surface area contributed by atoms with Gasteiger partial charge in [-0.2, -0.15) is 0 Å². The van der Waals surface area contributed by atoms with Crippen molar-refractivity contribution in [3.63, 3.8) is 0 Å². The van der Waals surface area contributed by atoms with Crippen LogP contribution in [0.4, 0.5) is 10.1 Å². The fourth-order valence-electron chi connectivity index (χ4n) is 5.23. The number of halogens is 1. The van der Waals surface area contributed by atoms with Crippen molar-refractivity contribution in [1.29, 1.82) is 0 Å². The van der Waals surface area contributed by atoms with E-state index in [-0.39, 0.29) is 37.2 Å². The number of nitrogens with one attached hydrogen (secondary N) is 1. The third kappa shape index (κ3) is 5.60. The summed E-state index contributed by atoms with van der Waals surface area (Å²) in [6.07, 6.45) is 2.00. The topological polar surface area (TPSA) is 95.6 Å². The molecule has 0 fully saturated rings. The second kappa shape index (κ2) is 11.1. The quantitative estimate of drug-likeness (QED) is 0.171. The Hall–Kier alpha value is -5.18. The van der Waals surface area contributed by atoms with E-state index in [0.717, 1.165) is 27.8 Å². The molecule has 41 heavy (non-hydrogen) atoms. The fraction of sp³-hybridized carbons (Fsp3) is 0.156. The molecule has 0 radical (unpaired) electrons. The van der Waals surface area contributed by atoms with Crippen LogP contribution < -0.4 is 14.8 Å². The first-order chi connectivity index (χ1) is 19.9. The molecule has 206 valence electrons. The van der Waals surface area contributed by atoms with E-state index in [1.165, 1.54) is 18.2 Å². The van der Waals surface area contributed by atoms with Crippen molar-refractivity contribution in [2.45, 2.75) is 25.4 Å². The van der Waals surface area contributed by atoms with Crippen LogP contribution in [0.15, 0.2) is 97.2 Å². The second-order valence-electron chi connectivity index (χ2n) is 9.93. The number of carbonyl (C=O) groups is 1. The summed E-state index contributed by atoms with van der Waals surface area (Å²) in [5, 5.41) is 15.3. The summed E-state index contributed by atoms with van der Waals surface area (Å²) in [6, 6.07) is 26.2. The number of nitrogens with zero attached hydrogens (tertiary/aromatic N) is 2. The van der Waals surface area contributed by atoms with Crippen molar-refractivity contribution in [2.24, 2.45) is 0 Å². The van der Waals surface area contributed by atoms with Gasteiger partial charge < -0.3 is 19.4 Å². The van der Waals surface area contributed by atoms with E-state index in [1.807, 2.05) is 53.2 Å². The van der Waals surface area contributed by atoms with Gasteiger partial charge >= 0.3 is 0 Å². The molecular formula is C32H26FN3O5. The standard InChI is InChI=1S/C32H26FN3O5/c33-24-9-7-23(8-10-24)26(16-32(37)34-17-22-6-13-30-31(14-22)41-20-40-30)28-19-35(18-21-4-2-1-3-5-21)29-12-11-25(36(38)39)15-27(28)29/h1-15,19,26H,16-18,20H2,(H,34,37)/t26-/m0/s1. The van der Waals surface area contributed by atoms with Gasteiger partial charge in [0.15, 0.2) is 11.5 Å². The summed E-state index contributed by atoms with van der Waals surface area (Å²) >= 11 is 0. The van der Waals surface area contributed by atoms with Crippen LogP contribution in [-0.4, -0.2) is 22.2 Å². The third-order valence-corrected chi connectivity index (χ3v) is 7.27. The lowest BCUT2D eigenvalue weighted by atomic mass is 9.88. The number of amides is 1. The second-order valence-corrected chi connectivity index (χ2v) is 9.93. The first-order valence-electron chi connectivity index (χ1n) is 13.2. The number of nitro groups is 1. The van der Waals surface area contributed by atoms with Gasteiger partial charge in [-0.25, -0.2) is 4.39 Å². The average molecular weight is 552 g/mol. The molecule has 1 aromatic heterocycles. The summed E-state index contributed by atoms with van der Waals surface area (Å²) in [5.74, 6) is 0.216. The summed E-state index contributed by atoms with van der Waals surface area (Å²) in [6.45, 7) is 0.995. The number of hydrogen-bond acceptors (Lipinski definition) is 5. The van der Waals surface area contributed by atoms with Gasteiger partial charge in [0.2, 0.25) is 12.7 Å². The molecule has 0 bridgehead atoms. The SMILES string of the molecule is O=C(C[C@@H](c1ccc(F)cc1)c1cn(Cc2ccccc2)c2ccc([N+](=O)[O-])cc12)NCc1ccc2c(c1)OCO2. The summed E-state index contributed by atoms with van der Waals surface area (Å²) in [7, 11) is 0. The minimum absolute atomic E-state index is 0.0404. The lowest BCUT2D eigenvalue weighted by Gasteiger charge is -2.17. The maximum atomic E-state index is 13.9. The van der Waals surface area contributed by atoms with Gasteiger partial charge in [0.05, 0.1) is 4.92 Å². The van der Waals surface area contributed by atoms with Gasteiger partial charge in [-0.05, 0) is 52.6 Å². The number of benzene rings is 4. The molecule has 1 amide bonds. The fourth-order valence-corrected chi connectivity index (χ4v) is 5.23. The Bertz CT molecular complexity index is 1730. The molecule has 1 aliphatic rings. The number of carbonyl (C=O) groups excluding carboxylic acids is 1. The molecule has 0 aliphatic carbocycles. The maximum absolute atomic E-state index is 13.9. The van der Waals surface area contributed by atoms with Gasteiger partial charge in [-0.1, -0.05) is 48.5 Å². The van der Waals surface area contributed by atoms with Crippen LogP contribution in [0.3, 0.4) is 0 Å². The Kier molecular flexibility index (Phi) is 7.08. The van der Waals surface area contributed by atoms with E-state index >= 15 is 0 Å². The largest absolute Gasteiger partial charge is 0.454 e. The Morgan fingerprint density at radius 2 is 1.73 bits per heavy atom. The molecule has 0 unspecified atom stereocenters. The molecule has 1 aliphatic heterocycles. The zero-order chi connectivity index (χ0) is 28.3. The van der Waals surface area contributed by atoms with Crippen molar-refractivity contribution in [1.82, 2.24) is 9.88 Å². The van der Waals surface area contributed by atoms with E-state index in [4.69, 9.17) is 9.47 Å². The Morgan fingerprint density at radius 1 is 0.951 bits per heavy atom. The van der Waals surface area contributed by atoms with Crippen LogP contribution in [-0.2, 0) is 17.9 Å². The number of ether oxygens (including phenoxy) is 2. The van der Waals surface area contributed by atoms with Gasteiger partial charge in [0.1, 0.15) is 5.82 Å². The molecule has 0 spiro atoms. The molecule has 8 nitrogen and oxygen atoms in total. The predicted molar refractivity (Wildman–Crippen MR) is 151 cm³/mol. The van der Waals surface area contributed by atoms with E-state index < -0.39 is 10.8 Å². The number of nitro benzene ring substituents is 1. The Balaban J connectivity index is 1.35. The molecule has 4 aromatic carbocycles. The molecule has 9 heteroatoms. The number of hydrogen-bond donors (Lipinski definition) is 1. The van der Waals surface area contributed by atoms with Crippen molar-refractivity contribution >= 4 is 22.5 Å². The first-order valence-corrected chi connectivity index (χ1v) is 13.2. The lowest BCUT2D eigenvalue weighted by Crippen LogP contribution is -2.25. The summed E-state index contributed by atoms with van der Waals surface area (Å²) in [4.78, 5) is 24.6. The number of aromatic nitrogens is 1. The van der Waals surface area contributed by atoms with E-state index in [1.54, 1.807) is 30.3 Å². The monoisotopic (exact) mass is 551 g/mol. The normalized spacial score (nSPS) is 12.8. The van der Waals surface area contributed by atoms with Gasteiger partial charge in [0, 0.05) is 54.7 Å². The minimum atomic E-state index is -0.478. The van der Waals surface area contributed by atoms with Crippen molar-refractivity contribution < 1.29 is 23.6 Å². The molecular weight excluding hydrogens is 525 g/mol. The van der Waals surface area contributed by atoms with E-state index in [2.05, 4.69) is 5.32 Å². The molecule has 2 heterocycles. The van der Waals surface area contributed by atoms with Crippen LogP contribution in [0.2, 0.25) is 0 Å². The molecule has 5 aromatic rings. The van der Waals surface area contributed by atoms with Gasteiger partial charge in [0.25, 0.3) is 5.69 Å². The Labute approximate surface area is 235 Å². The number of non-ortho nitro benzene ring substituents is 1. The highest BCUT2D eigenvalue weighted by Gasteiger charge is 2.25. The molecule has 0 saturated heterocycles. The molecule has 6 rings (SSSR count). The average Bonchev–Trinajstić information content (AvgIpc) is 3.60. The highest BCUT2D eigenvalue weighted by Crippen LogP contribution is 2.37. The molecule has 1 N–H and O–H groups in total. The highest BCUT2D eigenvalue weighted by atomic mass is 19.1.